The Morgan fingerprint density at radius 2 is 1.75 bits per heavy atom. The number of nitrogens with zero attached hydrogens (tertiary/aromatic N) is 3. The number of nitro groups is 1. The monoisotopic (exact) mass is 730 g/mol. The van der Waals surface area contributed by atoms with Crippen LogP contribution in [0.1, 0.15) is 111 Å². The fourth-order valence-electron chi connectivity index (χ4n) is 11.5. The van der Waals surface area contributed by atoms with E-state index in [0.29, 0.717) is 37.0 Å². The predicted molar refractivity (Wildman–Crippen MR) is 194 cm³/mol. The van der Waals surface area contributed by atoms with E-state index in [1.807, 2.05) is 12.1 Å². The number of carbonyl (C=O) groups excluding carboxylic acids is 3. The molecular formula is C40H50N4O9. The number of esters is 2. The van der Waals surface area contributed by atoms with Crippen LogP contribution in [0.2, 0.25) is 0 Å². The molecule has 0 saturated heterocycles. The smallest absolute Gasteiger partial charge is 0.306 e. The lowest BCUT2D eigenvalue weighted by Gasteiger charge is -2.68. The molecular weight excluding hydrogens is 680 g/mol. The van der Waals surface area contributed by atoms with Gasteiger partial charge in [-0.3, -0.25) is 24.5 Å². The summed E-state index contributed by atoms with van der Waals surface area (Å²) in [6, 6.07) is 4.86. The summed E-state index contributed by atoms with van der Waals surface area (Å²) in [4.78, 5) is 50.5. The molecule has 7 rings (SSSR count). The molecule has 3 aromatic rings. The van der Waals surface area contributed by atoms with E-state index in [1.54, 1.807) is 18.6 Å². The molecule has 13 heteroatoms. The first kappa shape index (κ1) is 36.8. The van der Waals surface area contributed by atoms with Crippen LogP contribution in [0.15, 0.2) is 51.4 Å². The first-order chi connectivity index (χ1) is 25.1. The van der Waals surface area contributed by atoms with Crippen LogP contribution in [-0.2, 0) is 23.9 Å². The quantitative estimate of drug-likeness (QED) is 0.0869. The number of hydrogen-bond donors (Lipinski definition) is 1. The molecule has 0 radical (unpaired) electrons. The highest BCUT2D eigenvalue weighted by molar-refractivity contribution is 6.00. The van der Waals surface area contributed by atoms with E-state index >= 15 is 0 Å². The van der Waals surface area contributed by atoms with Gasteiger partial charge in [-0.2, -0.15) is 0 Å². The van der Waals surface area contributed by atoms with Crippen molar-refractivity contribution in [3.63, 3.8) is 0 Å². The van der Waals surface area contributed by atoms with Crippen LogP contribution in [0.5, 0.6) is 0 Å². The summed E-state index contributed by atoms with van der Waals surface area (Å²) in [6.07, 6.45) is 11.0. The standard InChI is InChI=1S/C40H50N4O9/c1-23(45)51-32-21-29-37(2,3)31(52-33(47)10-8-7-9-18-41-25-11-12-26(44(48)49)36-35(25)42-53-43-36)14-17-38(29,4)28-13-16-39(5)30(40(28,32)6)20-27(46)34(39)24-15-19-50-22-24/h11-12,15,19-20,22,28-29,31-32,34,41H,7-10,13-14,16-18,21H2,1-6H3/t28-,29+,31+,32-,34-,38-,39-,40-/m1/s1. The molecule has 4 aliphatic carbocycles. The van der Waals surface area contributed by atoms with Gasteiger partial charge in [-0.05, 0) is 96.3 Å². The number of nitro benzene ring substituents is 1. The lowest BCUT2D eigenvalue weighted by atomic mass is 9.37. The van der Waals surface area contributed by atoms with Crippen molar-refractivity contribution in [2.75, 3.05) is 11.9 Å². The third-order valence-electron chi connectivity index (χ3n) is 13.9. The highest BCUT2D eigenvalue weighted by Crippen LogP contribution is 2.73. The number of hydrogen-bond acceptors (Lipinski definition) is 12. The van der Waals surface area contributed by atoms with Crippen molar-refractivity contribution in [2.45, 2.75) is 117 Å². The zero-order chi connectivity index (χ0) is 37.9. The van der Waals surface area contributed by atoms with Gasteiger partial charge in [-0.25, -0.2) is 4.63 Å². The molecule has 3 fully saturated rings. The number of benzene rings is 1. The van der Waals surface area contributed by atoms with Crippen molar-refractivity contribution >= 4 is 40.1 Å². The summed E-state index contributed by atoms with van der Waals surface area (Å²) >= 11 is 0. The Balaban J connectivity index is 0.996. The number of allylic oxidation sites excluding steroid dienone is 1. The highest BCUT2D eigenvalue weighted by Gasteiger charge is 2.70. The first-order valence-corrected chi connectivity index (χ1v) is 18.9. The average molecular weight is 731 g/mol. The first-order valence-electron chi connectivity index (χ1n) is 18.9. The van der Waals surface area contributed by atoms with Gasteiger partial charge in [0.15, 0.2) is 11.3 Å². The summed E-state index contributed by atoms with van der Waals surface area (Å²) in [6.45, 7) is 13.3. The highest BCUT2D eigenvalue weighted by atomic mass is 16.6. The van der Waals surface area contributed by atoms with Crippen molar-refractivity contribution in [3.05, 3.63) is 58.1 Å². The Morgan fingerprint density at radius 3 is 2.47 bits per heavy atom. The van der Waals surface area contributed by atoms with Gasteiger partial charge in [0.1, 0.15) is 12.2 Å². The maximum Gasteiger partial charge on any atom is 0.306 e. The molecule has 0 amide bonds. The number of ketones is 1. The van der Waals surface area contributed by atoms with E-state index in [1.165, 1.54) is 13.0 Å². The molecule has 0 bridgehead atoms. The fraction of sp³-hybridized carbons (Fsp3) is 0.625. The number of aromatic nitrogens is 2. The van der Waals surface area contributed by atoms with E-state index in [9.17, 15) is 24.5 Å². The Hall–Kier alpha value is -4.55. The van der Waals surface area contributed by atoms with Crippen molar-refractivity contribution in [1.82, 2.24) is 10.3 Å². The molecule has 2 heterocycles. The summed E-state index contributed by atoms with van der Waals surface area (Å²) in [5, 5.41) is 22.0. The van der Waals surface area contributed by atoms with Gasteiger partial charge in [0.25, 0.3) is 0 Å². The minimum absolute atomic E-state index is 0.0851. The normalized spacial score (nSPS) is 33.0. The van der Waals surface area contributed by atoms with Crippen molar-refractivity contribution in [1.29, 1.82) is 0 Å². The van der Waals surface area contributed by atoms with Crippen LogP contribution in [-0.4, -0.2) is 51.7 Å². The molecule has 3 saturated carbocycles. The molecule has 0 unspecified atom stereocenters. The molecule has 13 nitrogen and oxygen atoms in total. The van der Waals surface area contributed by atoms with Gasteiger partial charge in [-0.15, -0.1) is 0 Å². The van der Waals surface area contributed by atoms with Crippen molar-refractivity contribution in [2.24, 2.45) is 33.5 Å². The zero-order valence-corrected chi connectivity index (χ0v) is 31.4. The number of nitrogens with one attached hydrogen (secondary N) is 1. The maximum atomic E-state index is 13.7. The molecule has 4 aliphatic rings. The number of carbonyl (C=O) groups is 3. The maximum absolute atomic E-state index is 13.7. The number of unbranched alkanes of at least 4 members (excludes halogenated alkanes) is 2. The number of fused-ring (bicyclic) bond motifs is 6. The number of furan rings is 1. The SMILES string of the molecule is CC(=O)O[C@@H]1C[C@H]2C(C)(C)[C@@H](OC(=O)CCCCCNc3ccc([N+](=O)[O-])c4nonc34)CC[C@]2(C)[C@H]2CC[C@]3(C)C(=CC(=O)[C@H]3c3ccoc3)[C@@]21C. The molecule has 0 aliphatic heterocycles. The molecule has 2 aromatic heterocycles. The number of anilines is 1. The van der Waals surface area contributed by atoms with Gasteiger partial charge >= 0.3 is 17.6 Å². The second kappa shape index (κ2) is 13.4. The van der Waals surface area contributed by atoms with Crippen LogP contribution in [0.4, 0.5) is 11.4 Å². The summed E-state index contributed by atoms with van der Waals surface area (Å²) in [5.41, 5.74) is 1.41. The number of ether oxygens (including phenoxy) is 2. The molecule has 0 spiro atoms. The summed E-state index contributed by atoms with van der Waals surface area (Å²) < 4.78 is 22.7. The second-order valence-electron chi connectivity index (χ2n) is 17.1. The van der Waals surface area contributed by atoms with E-state index in [2.05, 4.69) is 50.2 Å². The molecule has 1 N–H and O–H groups in total. The largest absolute Gasteiger partial charge is 0.472 e. The van der Waals surface area contributed by atoms with Crippen LogP contribution in [0, 0.1) is 43.6 Å². The van der Waals surface area contributed by atoms with Crippen LogP contribution < -0.4 is 5.32 Å². The topological polar surface area (TPSA) is 177 Å². The summed E-state index contributed by atoms with van der Waals surface area (Å²) in [7, 11) is 0. The van der Waals surface area contributed by atoms with E-state index in [-0.39, 0.29) is 63.6 Å². The molecule has 53 heavy (non-hydrogen) atoms. The number of non-ortho nitro benzene ring substituents is 1. The van der Waals surface area contributed by atoms with Crippen LogP contribution in [0.25, 0.3) is 11.0 Å². The van der Waals surface area contributed by atoms with Gasteiger partial charge in [-0.1, -0.05) is 41.0 Å². The van der Waals surface area contributed by atoms with Gasteiger partial charge in [0.05, 0.1) is 29.1 Å². The Labute approximate surface area is 308 Å². The van der Waals surface area contributed by atoms with Gasteiger partial charge in [0.2, 0.25) is 5.52 Å². The fourth-order valence-corrected chi connectivity index (χ4v) is 11.5. The Bertz CT molecular complexity index is 1950. The van der Waals surface area contributed by atoms with Crippen molar-refractivity contribution in [3.8, 4) is 0 Å². The second-order valence-corrected chi connectivity index (χ2v) is 17.1. The predicted octanol–water partition coefficient (Wildman–Crippen LogP) is 8.10. The van der Waals surface area contributed by atoms with Crippen LogP contribution >= 0.6 is 0 Å². The van der Waals surface area contributed by atoms with E-state index in [0.717, 1.165) is 49.7 Å². The van der Waals surface area contributed by atoms with E-state index < -0.39 is 21.9 Å². The van der Waals surface area contributed by atoms with Gasteiger partial charge < -0.3 is 19.2 Å². The third kappa shape index (κ3) is 5.94. The average Bonchev–Trinajstić information content (AvgIpc) is 3.85. The lowest BCUT2D eigenvalue weighted by Crippen LogP contribution is -2.66. The molecule has 284 valence electrons. The van der Waals surface area contributed by atoms with E-state index in [4.69, 9.17) is 18.5 Å². The minimum atomic E-state index is -0.525. The lowest BCUT2D eigenvalue weighted by molar-refractivity contribution is -0.383. The molecule has 8 atom stereocenters. The minimum Gasteiger partial charge on any atom is -0.472 e. The third-order valence-corrected chi connectivity index (χ3v) is 13.9. The Kier molecular flexibility index (Phi) is 9.29. The number of rotatable bonds is 11. The summed E-state index contributed by atoms with van der Waals surface area (Å²) in [5.74, 6) is -0.491. The van der Waals surface area contributed by atoms with Gasteiger partial charge in [0, 0.05) is 47.8 Å². The van der Waals surface area contributed by atoms with Crippen molar-refractivity contribution < 1.29 is 37.8 Å². The van der Waals surface area contributed by atoms with Crippen LogP contribution in [0.3, 0.4) is 0 Å². The zero-order valence-electron chi connectivity index (χ0n) is 31.4. The molecule has 1 aromatic carbocycles. The Morgan fingerprint density at radius 1 is 0.981 bits per heavy atom.